The molecule has 0 spiro atoms. The molecule has 1 aromatic heterocycles. The van der Waals surface area contributed by atoms with E-state index in [1.165, 1.54) is 30.5 Å². The lowest BCUT2D eigenvalue weighted by atomic mass is 9.80. The number of amidine groups is 1. The van der Waals surface area contributed by atoms with E-state index in [0.717, 1.165) is 5.56 Å². The molecule has 0 bridgehead atoms. The second kappa shape index (κ2) is 8.54. The fourth-order valence-electron chi connectivity index (χ4n) is 4.72. The number of aryl methyl sites for hydroxylation is 1. The lowest BCUT2D eigenvalue weighted by Crippen LogP contribution is -2.53. The summed E-state index contributed by atoms with van der Waals surface area (Å²) < 4.78 is 54.3. The molecule has 0 fully saturated rings. The van der Waals surface area contributed by atoms with Gasteiger partial charge in [-0.05, 0) is 53.9 Å². The minimum atomic E-state index is -3.06. The van der Waals surface area contributed by atoms with E-state index in [9.17, 15) is 8.78 Å². The molecule has 10 heteroatoms. The van der Waals surface area contributed by atoms with Crippen molar-refractivity contribution in [1.82, 2.24) is 9.88 Å². The Balaban J connectivity index is 1.77. The van der Waals surface area contributed by atoms with E-state index in [0.29, 0.717) is 28.2 Å². The first-order chi connectivity index (χ1) is 17.2. The van der Waals surface area contributed by atoms with E-state index in [4.69, 9.17) is 20.2 Å². The first-order valence-corrected chi connectivity index (χ1v) is 11.2. The average molecular weight is 496 g/mol. The number of aromatic nitrogens is 1. The van der Waals surface area contributed by atoms with Crippen molar-refractivity contribution in [2.24, 2.45) is 15.7 Å². The first-order valence-electron chi connectivity index (χ1n) is 11.2. The van der Waals surface area contributed by atoms with Gasteiger partial charge in [0, 0.05) is 17.3 Å². The molecular weight excluding hydrogens is 471 g/mol. The van der Waals surface area contributed by atoms with Gasteiger partial charge in [0.2, 0.25) is 0 Å². The molecule has 2 aliphatic heterocycles. The predicted molar refractivity (Wildman–Crippen MR) is 130 cm³/mol. The summed E-state index contributed by atoms with van der Waals surface area (Å²) >= 11 is 0. The number of methoxy groups -OCH3 is 2. The van der Waals surface area contributed by atoms with Crippen LogP contribution in [0.4, 0.5) is 13.2 Å². The lowest BCUT2D eigenvalue weighted by Gasteiger charge is -2.35. The zero-order valence-electron chi connectivity index (χ0n) is 19.9. The molecule has 0 saturated carbocycles. The zero-order chi connectivity index (χ0) is 25.7. The molecule has 2 aliphatic rings. The van der Waals surface area contributed by atoms with Gasteiger partial charge in [-0.2, -0.15) is 0 Å². The van der Waals surface area contributed by atoms with Crippen molar-refractivity contribution >= 4 is 11.8 Å². The highest BCUT2D eigenvalue weighted by Crippen LogP contribution is 2.45. The summed E-state index contributed by atoms with van der Waals surface area (Å²) in [4.78, 5) is 14.4. The molecule has 186 valence electrons. The maximum absolute atomic E-state index is 15.1. The highest BCUT2D eigenvalue weighted by molar-refractivity contribution is 6.12. The minimum Gasteiger partial charge on any atom is -0.496 e. The summed E-state index contributed by atoms with van der Waals surface area (Å²) in [6.45, 7) is 0.517. The standard InChI is InChI=1S/C26H24F3N5O2/c1-15-8-17(5-7-22(15)36-3)26(23-32-13-25(28,29)14-34(23)24(30)33-26)18-4-6-21(27)20(10-18)16-9-19(35-2)12-31-11-16/h4-12H,13-14H2,1-3H3,(H2,30,33). The highest BCUT2D eigenvalue weighted by Gasteiger charge is 2.53. The van der Waals surface area contributed by atoms with E-state index in [-0.39, 0.29) is 17.4 Å². The van der Waals surface area contributed by atoms with Crippen LogP contribution >= 0.6 is 0 Å². The van der Waals surface area contributed by atoms with Crippen molar-refractivity contribution in [3.05, 3.63) is 77.4 Å². The molecule has 3 heterocycles. The van der Waals surface area contributed by atoms with Crippen LogP contribution in [-0.2, 0) is 5.54 Å². The van der Waals surface area contributed by atoms with Crippen LogP contribution in [-0.4, -0.2) is 54.9 Å². The van der Waals surface area contributed by atoms with Crippen LogP contribution < -0.4 is 15.2 Å². The Morgan fingerprint density at radius 2 is 1.75 bits per heavy atom. The summed E-state index contributed by atoms with van der Waals surface area (Å²) in [6.07, 6.45) is 3.04. The fourth-order valence-corrected chi connectivity index (χ4v) is 4.72. The third-order valence-electron chi connectivity index (χ3n) is 6.44. The molecule has 0 amide bonds. The Morgan fingerprint density at radius 1 is 1.00 bits per heavy atom. The maximum atomic E-state index is 15.1. The number of nitrogens with zero attached hydrogens (tertiary/aromatic N) is 4. The summed E-state index contributed by atoms with van der Waals surface area (Å²) in [5.41, 5.74) is 7.53. The lowest BCUT2D eigenvalue weighted by molar-refractivity contribution is -0.00437. The van der Waals surface area contributed by atoms with Gasteiger partial charge in [0.1, 0.15) is 29.7 Å². The monoisotopic (exact) mass is 495 g/mol. The Morgan fingerprint density at radius 3 is 2.47 bits per heavy atom. The van der Waals surface area contributed by atoms with Crippen molar-refractivity contribution in [3.8, 4) is 22.6 Å². The number of aliphatic imine (C=N–C) groups is 2. The molecule has 7 nitrogen and oxygen atoms in total. The molecule has 3 aromatic rings. The Hall–Kier alpha value is -4.08. The Bertz CT molecular complexity index is 1410. The van der Waals surface area contributed by atoms with Crippen molar-refractivity contribution in [1.29, 1.82) is 0 Å². The molecule has 5 rings (SSSR count). The van der Waals surface area contributed by atoms with Crippen molar-refractivity contribution in [3.63, 3.8) is 0 Å². The second-order valence-electron chi connectivity index (χ2n) is 8.75. The number of guanidine groups is 1. The van der Waals surface area contributed by atoms with E-state index < -0.39 is 30.4 Å². The van der Waals surface area contributed by atoms with Crippen LogP contribution in [0, 0.1) is 12.7 Å². The van der Waals surface area contributed by atoms with E-state index >= 15 is 4.39 Å². The number of nitrogens with two attached hydrogens (primary N) is 1. The molecular formula is C26H24F3N5O2. The molecule has 0 radical (unpaired) electrons. The number of ether oxygens (including phenoxy) is 2. The average Bonchev–Trinajstić information content (AvgIpc) is 3.15. The number of halogens is 3. The van der Waals surface area contributed by atoms with Gasteiger partial charge in [0.25, 0.3) is 5.92 Å². The number of hydrogen-bond acceptors (Lipinski definition) is 7. The number of hydrogen-bond donors (Lipinski definition) is 1. The fraction of sp³-hybridized carbons (Fsp3) is 0.269. The molecule has 36 heavy (non-hydrogen) atoms. The van der Waals surface area contributed by atoms with Gasteiger partial charge in [0.15, 0.2) is 11.5 Å². The van der Waals surface area contributed by atoms with Crippen LogP contribution in [0.2, 0.25) is 0 Å². The van der Waals surface area contributed by atoms with Gasteiger partial charge in [-0.1, -0.05) is 12.1 Å². The molecule has 0 aliphatic carbocycles. The molecule has 1 atom stereocenters. The quantitative estimate of drug-likeness (QED) is 0.575. The summed E-state index contributed by atoms with van der Waals surface area (Å²) in [5.74, 6) is -2.26. The molecule has 2 aromatic carbocycles. The van der Waals surface area contributed by atoms with Crippen LogP contribution in [0.15, 0.2) is 64.8 Å². The normalized spacial score (nSPS) is 20.4. The largest absolute Gasteiger partial charge is 0.496 e. The smallest absolute Gasteiger partial charge is 0.284 e. The van der Waals surface area contributed by atoms with Crippen molar-refractivity contribution < 1.29 is 22.6 Å². The van der Waals surface area contributed by atoms with Crippen LogP contribution in [0.3, 0.4) is 0 Å². The number of fused-ring (bicyclic) bond motifs is 1. The Labute approximate surface area is 206 Å². The van der Waals surface area contributed by atoms with E-state index in [2.05, 4.69) is 9.98 Å². The van der Waals surface area contributed by atoms with Gasteiger partial charge in [0.05, 0.1) is 27.0 Å². The predicted octanol–water partition coefficient (Wildman–Crippen LogP) is 4.13. The van der Waals surface area contributed by atoms with Gasteiger partial charge >= 0.3 is 0 Å². The SMILES string of the molecule is COc1cncc(-c2cc(C3(c4ccc(OC)c(C)c4)N=C(N)N4CC(F)(F)CN=C43)ccc2F)c1. The topological polar surface area (TPSA) is 85.3 Å². The minimum absolute atomic E-state index is 0.0875. The number of rotatable bonds is 5. The Kier molecular flexibility index (Phi) is 5.61. The van der Waals surface area contributed by atoms with Gasteiger partial charge < -0.3 is 15.2 Å². The first kappa shape index (κ1) is 23.7. The van der Waals surface area contributed by atoms with Gasteiger partial charge in [-0.15, -0.1) is 0 Å². The molecule has 2 N–H and O–H groups in total. The van der Waals surface area contributed by atoms with Crippen molar-refractivity contribution in [2.45, 2.75) is 18.4 Å². The van der Waals surface area contributed by atoms with Crippen LogP contribution in [0.25, 0.3) is 11.1 Å². The van der Waals surface area contributed by atoms with Crippen LogP contribution in [0.5, 0.6) is 11.5 Å². The summed E-state index contributed by atoms with van der Waals surface area (Å²) in [7, 11) is 3.06. The van der Waals surface area contributed by atoms with Crippen molar-refractivity contribution in [2.75, 3.05) is 27.3 Å². The molecule has 0 saturated heterocycles. The number of benzene rings is 2. The number of pyridine rings is 1. The third-order valence-corrected chi connectivity index (χ3v) is 6.44. The third kappa shape index (κ3) is 3.73. The summed E-state index contributed by atoms with van der Waals surface area (Å²) in [5, 5.41) is 0. The maximum Gasteiger partial charge on any atom is 0.284 e. The van der Waals surface area contributed by atoms with Crippen LogP contribution in [0.1, 0.15) is 16.7 Å². The second-order valence-corrected chi connectivity index (χ2v) is 8.75. The van der Waals surface area contributed by atoms with Gasteiger partial charge in [-0.25, -0.2) is 18.2 Å². The van der Waals surface area contributed by atoms with E-state index in [1.54, 1.807) is 37.4 Å². The number of alkyl halides is 2. The van der Waals surface area contributed by atoms with Gasteiger partial charge in [-0.3, -0.25) is 14.9 Å². The zero-order valence-corrected chi connectivity index (χ0v) is 19.9. The summed E-state index contributed by atoms with van der Waals surface area (Å²) in [6, 6.07) is 11.6. The van der Waals surface area contributed by atoms with E-state index in [1.807, 2.05) is 13.0 Å². The highest BCUT2D eigenvalue weighted by atomic mass is 19.3. The molecule has 1 unspecified atom stereocenters.